The smallest absolute Gasteiger partial charge is 0.320 e. The average Bonchev–Trinajstić information content (AvgIpc) is 2.82. The zero-order valence-electron chi connectivity index (χ0n) is 10.6. The minimum atomic E-state index is -0.941. The van der Waals surface area contributed by atoms with Crippen molar-refractivity contribution in [3.05, 3.63) is 29.0 Å². The van der Waals surface area contributed by atoms with Crippen LogP contribution >= 0.6 is 11.6 Å². The van der Waals surface area contributed by atoms with Gasteiger partial charge in [-0.3, -0.25) is 14.5 Å². The lowest BCUT2D eigenvalue weighted by Gasteiger charge is -2.20. The number of aliphatic carboxylic acids is 1. The van der Waals surface area contributed by atoms with Crippen LogP contribution in [-0.2, 0) is 9.59 Å². The summed E-state index contributed by atoms with van der Waals surface area (Å²) in [4.78, 5) is 24.4. The fourth-order valence-electron chi connectivity index (χ4n) is 2.26. The summed E-state index contributed by atoms with van der Waals surface area (Å²) in [5, 5.41) is 11.7. The van der Waals surface area contributed by atoms with E-state index in [1.54, 1.807) is 4.90 Å². The van der Waals surface area contributed by atoms with Crippen LogP contribution in [0.1, 0.15) is 12.8 Å². The first kappa shape index (κ1) is 14.7. The van der Waals surface area contributed by atoms with Crippen LogP contribution in [0.5, 0.6) is 0 Å². The van der Waals surface area contributed by atoms with E-state index in [0.717, 1.165) is 12.5 Å². The van der Waals surface area contributed by atoms with E-state index in [-0.39, 0.29) is 12.2 Å². The molecule has 0 aromatic heterocycles. The molecule has 1 fully saturated rings. The van der Waals surface area contributed by atoms with Gasteiger partial charge in [0.2, 0.25) is 5.91 Å². The lowest BCUT2D eigenvalue weighted by Crippen LogP contribution is -2.41. The summed E-state index contributed by atoms with van der Waals surface area (Å²) in [6.45, 7) is 0.464. The fourth-order valence-corrected chi connectivity index (χ4v) is 2.43. The molecule has 1 saturated heterocycles. The van der Waals surface area contributed by atoms with Gasteiger partial charge in [0, 0.05) is 5.02 Å². The van der Waals surface area contributed by atoms with E-state index in [2.05, 4.69) is 5.32 Å². The van der Waals surface area contributed by atoms with E-state index >= 15 is 0 Å². The molecule has 0 radical (unpaired) electrons. The molecule has 20 heavy (non-hydrogen) atoms. The molecule has 0 spiro atoms. The van der Waals surface area contributed by atoms with E-state index in [4.69, 9.17) is 16.7 Å². The number of halogens is 2. The number of anilines is 1. The molecule has 2 N–H and O–H groups in total. The summed E-state index contributed by atoms with van der Waals surface area (Å²) in [6.07, 6.45) is 1.25. The average molecular weight is 301 g/mol. The summed E-state index contributed by atoms with van der Waals surface area (Å²) in [6, 6.07) is 3.21. The summed E-state index contributed by atoms with van der Waals surface area (Å²) in [7, 11) is 0. The standard InChI is InChI=1S/C13H14ClFN2O3/c14-8-3-4-9(15)10(6-8)16-12(18)7-17-5-1-2-11(17)13(19)20/h3-4,6,11H,1-2,5,7H2,(H,16,18)(H,19,20)/t11-/m1/s1. The molecule has 0 saturated carbocycles. The van der Waals surface area contributed by atoms with Gasteiger partial charge in [0.15, 0.2) is 0 Å². The number of hydrogen-bond donors (Lipinski definition) is 2. The van der Waals surface area contributed by atoms with Gasteiger partial charge in [0.25, 0.3) is 0 Å². The molecular formula is C13H14ClFN2O3. The zero-order chi connectivity index (χ0) is 14.7. The van der Waals surface area contributed by atoms with Gasteiger partial charge < -0.3 is 10.4 Å². The number of nitrogens with one attached hydrogen (secondary N) is 1. The summed E-state index contributed by atoms with van der Waals surface area (Å²) in [5.41, 5.74) is -0.00595. The van der Waals surface area contributed by atoms with Crippen molar-refractivity contribution in [1.82, 2.24) is 4.90 Å². The van der Waals surface area contributed by atoms with Gasteiger partial charge in [-0.25, -0.2) is 4.39 Å². The highest BCUT2D eigenvalue weighted by Crippen LogP contribution is 2.20. The highest BCUT2D eigenvalue weighted by atomic mass is 35.5. The van der Waals surface area contributed by atoms with Gasteiger partial charge in [-0.05, 0) is 37.6 Å². The monoisotopic (exact) mass is 300 g/mol. The molecule has 1 atom stereocenters. The Kier molecular flexibility index (Phi) is 4.57. The van der Waals surface area contributed by atoms with Gasteiger partial charge in [-0.1, -0.05) is 11.6 Å². The largest absolute Gasteiger partial charge is 0.480 e. The summed E-state index contributed by atoms with van der Waals surface area (Å²) < 4.78 is 13.5. The topological polar surface area (TPSA) is 69.6 Å². The molecule has 1 aromatic rings. The van der Waals surface area contributed by atoms with Crippen molar-refractivity contribution in [2.24, 2.45) is 0 Å². The molecule has 2 rings (SSSR count). The van der Waals surface area contributed by atoms with Crippen molar-refractivity contribution in [2.45, 2.75) is 18.9 Å². The van der Waals surface area contributed by atoms with Gasteiger partial charge in [0.1, 0.15) is 11.9 Å². The van der Waals surface area contributed by atoms with Crippen LogP contribution in [0, 0.1) is 5.82 Å². The Morgan fingerprint density at radius 2 is 2.25 bits per heavy atom. The Morgan fingerprint density at radius 3 is 2.95 bits per heavy atom. The van der Waals surface area contributed by atoms with Crippen molar-refractivity contribution >= 4 is 29.2 Å². The number of carbonyl (C=O) groups is 2. The molecule has 7 heteroatoms. The van der Waals surface area contributed by atoms with Crippen LogP contribution < -0.4 is 5.32 Å². The molecular weight excluding hydrogens is 287 g/mol. The minimum Gasteiger partial charge on any atom is -0.480 e. The van der Waals surface area contributed by atoms with Crippen LogP contribution in [-0.4, -0.2) is 41.0 Å². The first-order valence-corrected chi connectivity index (χ1v) is 6.57. The van der Waals surface area contributed by atoms with Crippen LogP contribution in [0.3, 0.4) is 0 Å². The van der Waals surface area contributed by atoms with Gasteiger partial charge in [0.05, 0.1) is 12.2 Å². The van der Waals surface area contributed by atoms with Crippen LogP contribution in [0.25, 0.3) is 0 Å². The van der Waals surface area contributed by atoms with Crippen molar-refractivity contribution in [1.29, 1.82) is 0 Å². The van der Waals surface area contributed by atoms with Gasteiger partial charge in [-0.15, -0.1) is 0 Å². The molecule has 1 aromatic carbocycles. The molecule has 1 heterocycles. The number of carbonyl (C=O) groups excluding carboxylic acids is 1. The number of nitrogens with zero attached hydrogens (tertiary/aromatic N) is 1. The summed E-state index contributed by atoms with van der Waals surface area (Å²) >= 11 is 5.73. The van der Waals surface area contributed by atoms with Crippen molar-refractivity contribution in [3.63, 3.8) is 0 Å². The third-order valence-electron chi connectivity index (χ3n) is 3.20. The Morgan fingerprint density at radius 1 is 1.50 bits per heavy atom. The second-order valence-corrected chi connectivity index (χ2v) is 5.08. The fraction of sp³-hybridized carbons (Fsp3) is 0.385. The Bertz CT molecular complexity index is 538. The van der Waals surface area contributed by atoms with E-state index < -0.39 is 23.7 Å². The molecule has 0 bridgehead atoms. The third kappa shape index (κ3) is 3.46. The normalized spacial score (nSPS) is 19.0. The van der Waals surface area contributed by atoms with E-state index in [1.165, 1.54) is 12.1 Å². The predicted molar refractivity (Wildman–Crippen MR) is 72.3 cm³/mol. The molecule has 1 aliphatic heterocycles. The molecule has 1 amide bonds. The van der Waals surface area contributed by atoms with Crippen molar-refractivity contribution < 1.29 is 19.1 Å². The van der Waals surface area contributed by atoms with Gasteiger partial charge in [-0.2, -0.15) is 0 Å². The molecule has 1 aliphatic rings. The highest BCUT2D eigenvalue weighted by Gasteiger charge is 2.31. The second-order valence-electron chi connectivity index (χ2n) is 4.64. The maximum absolute atomic E-state index is 13.5. The Balaban J connectivity index is 1.99. The number of amides is 1. The number of likely N-dealkylation sites (tertiary alicyclic amines) is 1. The maximum Gasteiger partial charge on any atom is 0.320 e. The van der Waals surface area contributed by atoms with Crippen LogP contribution in [0.2, 0.25) is 5.02 Å². The first-order chi connectivity index (χ1) is 9.47. The third-order valence-corrected chi connectivity index (χ3v) is 3.43. The second kappa shape index (κ2) is 6.19. The van der Waals surface area contributed by atoms with Crippen molar-refractivity contribution in [2.75, 3.05) is 18.4 Å². The summed E-state index contributed by atoms with van der Waals surface area (Å²) in [5.74, 6) is -1.98. The quantitative estimate of drug-likeness (QED) is 0.892. The highest BCUT2D eigenvalue weighted by molar-refractivity contribution is 6.30. The molecule has 0 unspecified atom stereocenters. The first-order valence-electron chi connectivity index (χ1n) is 6.19. The molecule has 5 nitrogen and oxygen atoms in total. The van der Waals surface area contributed by atoms with E-state index in [9.17, 15) is 14.0 Å². The van der Waals surface area contributed by atoms with Crippen molar-refractivity contribution in [3.8, 4) is 0 Å². The number of carboxylic acids is 1. The van der Waals surface area contributed by atoms with E-state index in [1.807, 2.05) is 0 Å². The van der Waals surface area contributed by atoms with Crippen LogP contribution in [0.15, 0.2) is 18.2 Å². The lowest BCUT2D eigenvalue weighted by molar-refractivity contribution is -0.142. The lowest BCUT2D eigenvalue weighted by atomic mass is 10.2. The SMILES string of the molecule is O=C(CN1CCC[C@@H]1C(=O)O)Nc1cc(Cl)ccc1F. The molecule has 0 aliphatic carbocycles. The molecule has 108 valence electrons. The van der Waals surface area contributed by atoms with Gasteiger partial charge >= 0.3 is 5.97 Å². The Labute approximate surface area is 120 Å². The number of rotatable bonds is 4. The number of carboxylic acid groups (broad SMARTS) is 1. The maximum atomic E-state index is 13.5. The predicted octanol–water partition coefficient (Wildman–Crippen LogP) is 1.97. The zero-order valence-corrected chi connectivity index (χ0v) is 11.4. The Hall–Kier alpha value is -1.66. The van der Waals surface area contributed by atoms with Crippen LogP contribution in [0.4, 0.5) is 10.1 Å². The number of hydrogen-bond acceptors (Lipinski definition) is 3. The van der Waals surface area contributed by atoms with E-state index in [0.29, 0.717) is 18.0 Å². The minimum absolute atomic E-state index is 0.00595. The number of benzene rings is 1.